The van der Waals surface area contributed by atoms with Gasteiger partial charge in [-0.1, -0.05) is 13.8 Å². The van der Waals surface area contributed by atoms with E-state index in [0.717, 1.165) is 31.7 Å². The number of hydrogen-bond acceptors (Lipinski definition) is 4. The molecule has 1 aromatic rings. The van der Waals surface area contributed by atoms with Crippen LogP contribution in [0.2, 0.25) is 0 Å². The molecule has 0 spiro atoms. The fourth-order valence-corrected chi connectivity index (χ4v) is 3.11. The Kier molecular flexibility index (Phi) is 6.87. The van der Waals surface area contributed by atoms with Gasteiger partial charge in [0.05, 0.1) is 10.6 Å². The molecule has 108 valence electrons. The minimum Gasteiger partial charge on any atom is -0.385 e. The van der Waals surface area contributed by atoms with Crippen LogP contribution in [-0.4, -0.2) is 33.8 Å². The first kappa shape index (κ1) is 16.0. The summed E-state index contributed by atoms with van der Waals surface area (Å²) in [6, 6.07) is 7.01. The second-order valence-electron chi connectivity index (χ2n) is 4.48. The highest BCUT2D eigenvalue weighted by Crippen LogP contribution is 2.15. The van der Waals surface area contributed by atoms with E-state index >= 15 is 0 Å². The fraction of sp³-hybridized carbons (Fsp3) is 0.571. The number of anilines is 1. The smallest absolute Gasteiger partial charge is 0.178 e. The molecule has 0 atom stereocenters. The van der Waals surface area contributed by atoms with Crippen molar-refractivity contribution in [3.63, 3.8) is 0 Å². The van der Waals surface area contributed by atoms with Crippen LogP contribution in [0.5, 0.6) is 0 Å². The highest BCUT2D eigenvalue weighted by molar-refractivity contribution is 7.91. The molecule has 2 N–H and O–H groups in total. The van der Waals surface area contributed by atoms with E-state index in [1.165, 1.54) is 0 Å². The molecule has 0 saturated carbocycles. The highest BCUT2D eigenvalue weighted by atomic mass is 32.2. The predicted molar refractivity (Wildman–Crippen MR) is 80.4 cm³/mol. The lowest BCUT2D eigenvalue weighted by Crippen LogP contribution is -2.17. The van der Waals surface area contributed by atoms with Gasteiger partial charge in [-0.3, -0.25) is 0 Å². The summed E-state index contributed by atoms with van der Waals surface area (Å²) in [5, 5.41) is 6.54. The molecule has 0 aromatic heterocycles. The van der Waals surface area contributed by atoms with Gasteiger partial charge in [0.2, 0.25) is 0 Å². The van der Waals surface area contributed by atoms with Crippen molar-refractivity contribution < 1.29 is 8.42 Å². The summed E-state index contributed by atoms with van der Waals surface area (Å²) >= 11 is 0. The van der Waals surface area contributed by atoms with Crippen LogP contribution in [0.1, 0.15) is 26.7 Å². The first-order valence-corrected chi connectivity index (χ1v) is 8.52. The Labute approximate surface area is 116 Å². The largest absolute Gasteiger partial charge is 0.385 e. The molecule has 0 aliphatic heterocycles. The maximum atomic E-state index is 11.8. The number of benzene rings is 1. The van der Waals surface area contributed by atoms with E-state index < -0.39 is 9.84 Å². The molecule has 5 heteroatoms. The van der Waals surface area contributed by atoms with Crippen molar-refractivity contribution in [2.75, 3.05) is 30.7 Å². The first-order valence-electron chi connectivity index (χ1n) is 6.87. The summed E-state index contributed by atoms with van der Waals surface area (Å²) in [6.45, 7) is 6.82. The van der Waals surface area contributed by atoms with Crippen LogP contribution in [0.4, 0.5) is 5.69 Å². The third-order valence-electron chi connectivity index (χ3n) is 2.80. The lowest BCUT2D eigenvalue weighted by Gasteiger charge is -2.08. The zero-order valence-corrected chi connectivity index (χ0v) is 12.6. The number of nitrogens with one attached hydrogen (secondary N) is 2. The van der Waals surface area contributed by atoms with Crippen molar-refractivity contribution in [3.8, 4) is 0 Å². The SMILES string of the molecule is CCCS(=O)(=O)c1ccc(NCCCNCC)cc1. The topological polar surface area (TPSA) is 58.2 Å². The Balaban J connectivity index is 2.48. The van der Waals surface area contributed by atoms with Crippen LogP contribution in [0, 0.1) is 0 Å². The van der Waals surface area contributed by atoms with Gasteiger partial charge in [-0.05, 0) is 50.2 Å². The van der Waals surface area contributed by atoms with Gasteiger partial charge in [0.1, 0.15) is 0 Å². The highest BCUT2D eigenvalue weighted by Gasteiger charge is 2.12. The van der Waals surface area contributed by atoms with Crippen LogP contribution >= 0.6 is 0 Å². The number of rotatable bonds is 9. The van der Waals surface area contributed by atoms with Crippen molar-refractivity contribution in [2.24, 2.45) is 0 Å². The minimum atomic E-state index is -3.10. The molecule has 0 aliphatic carbocycles. The molecule has 0 radical (unpaired) electrons. The predicted octanol–water partition coefficient (Wildman–Crippen LogP) is 2.28. The number of sulfone groups is 1. The van der Waals surface area contributed by atoms with E-state index in [1.54, 1.807) is 12.1 Å². The van der Waals surface area contributed by atoms with Crippen LogP contribution in [0.15, 0.2) is 29.2 Å². The van der Waals surface area contributed by atoms with Gasteiger partial charge in [0, 0.05) is 12.2 Å². The van der Waals surface area contributed by atoms with Gasteiger partial charge in [0.25, 0.3) is 0 Å². The average molecular weight is 284 g/mol. The molecule has 0 unspecified atom stereocenters. The standard InChI is InChI=1S/C14H24N2O2S/c1-3-12-19(17,18)14-8-6-13(7-9-14)16-11-5-10-15-4-2/h6-9,15-16H,3-5,10-12H2,1-2H3. The molecule has 19 heavy (non-hydrogen) atoms. The Morgan fingerprint density at radius 2 is 1.74 bits per heavy atom. The summed E-state index contributed by atoms with van der Waals surface area (Å²) in [6.07, 6.45) is 1.69. The molecule has 1 rings (SSSR count). The summed E-state index contributed by atoms with van der Waals surface area (Å²) in [5.74, 6) is 0.211. The van der Waals surface area contributed by atoms with E-state index in [9.17, 15) is 8.42 Å². The van der Waals surface area contributed by atoms with E-state index in [0.29, 0.717) is 11.3 Å². The van der Waals surface area contributed by atoms with Crippen LogP contribution in [-0.2, 0) is 9.84 Å². The maximum Gasteiger partial charge on any atom is 0.178 e. The Bertz CT molecular complexity index is 455. The third-order valence-corrected chi connectivity index (χ3v) is 4.73. The third kappa shape index (κ3) is 5.61. The van der Waals surface area contributed by atoms with E-state index in [2.05, 4.69) is 17.6 Å². The van der Waals surface area contributed by atoms with Gasteiger partial charge >= 0.3 is 0 Å². The Morgan fingerprint density at radius 1 is 1.05 bits per heavy atom. The molecule has 0 aliphatic rings. The van der Waals surface area contributed by atoms with Gasteiger partial charge in [-0.25, -0.2) is 8.42 Å². The van der Waals surface area contributed by atoms with Crippen molar-refractivity contribution in [2.45, 2.75) is 31.6 Å². The summed E-state index contributed by atoms with van der Waals surface area (Å²) in [5.41, 5.74) is 0.965. The zero-order valence-electron chi connectivity index (χ0n) is 11.8. The first-order chi connectivity index (χ1) is 9.10. The monoisotopic (exact) mass is 284 g/mol. The average Bonchev–Trinajstić information content (AvgIpc) is 2.39. The zero-order chi connectivity index (χ0) is 14.1. The summed E-state index contributed by atoms with van der Waals surface area (Å²) in [7, 11) is -3.10. The van der Waals surface area contributed by atoms with E-state index in [4.69, 9.17) is 0 Å². The molecule has 0 bridgehead atoms. The Morgan fingerprint density at radius 3 is 2.32 bits per heavy atom. The van der Waals surface area contributed by atoms with E-state index in [1.807, 2.05) is 19.1 Å². The minimum absolute atomic E-state index is 0.211. The molecular formula is C14H24N2O2S. The van der Waals surface area contributed by atoms with Crippen LogP contribution in [0.25, 0.3) is 0 Å². The van der Waals surface area contributed by atoms with Crippen LogP contribution < -0.4 is 10.6 Å². The molecular weight excluding hydrogens is 260 g/mol. The molecule has 0 amide bonds. The van der Waals surface area contributed by atoms with Crippen molar-refractivity contribution in [3.05, 3.63) is 24.3 Å². The number of hydrogen-bond donors (Lipinski definition) is 2. The van der Waals surface area contributed by atoms with Gasteiger partial charge < -0.3 is 10.6 Å². The second-order valence-corrected chi connectivity index (χ2v) is 6.59. The Hall–Kier alpha value is -1.07. The van der Waals surface area contributed by atoms with Crippen molar-refractivity contribution >= 4 is 15.5 Å². The molecule has 0 saturated heterocycles. The van der Waals surface area contributed by atoms with Gasteiger partial charge in [-0.2, -0.15) is 0 Å². The lowest BCUT2D eigenvalue weighted by atomic mass is 10.3. The molecule has 4 nitrogen and oxygen atoms in total. The van der Waals surface area contributed by atoms with Gasteiger partial charge in [-0.15, -0.1) is 0 Å². The summed E-state index contributed by atoms with van der Waals surface area (Å²) in [4.78, 5) is 0.410. The van der Waals surface area contributed by atoms with Crippen LogP contribution in [0.3, 0.4) is 0 Å². The molecule has 0 heterocycles. The summed E-state index contributed by atoms with van der Waals surface area (Å²) < 4.78 is 23.7. The molecule has 0 fully saturated rings. The lowest BCUT2D eigenvalue weighted by molar-refractivity contribution is 0.595. The van der Waals surface area contributed by atoms with Crippen molar-refractivity contribution in [1.29, 1.82) is 0 Å². The van der Waals surface area contributed by atoms with E-state index in [-0.39, 0.29) is 5.75 Å². The maximum absolute atomic E-state index is 11.8. The quantitative estimate of drug-likeness (QED) is 0.683. The fourth-order valence-electron chi connectivity index (χ4n) is 1.79. The van der Waals surface area contributed by atoms with Crippen molar-refractivity contribution in [1.82, 2.24) is 5.32 Å². The second kappa shape index (κ2) is 8.17. The van der Waals surface area contributed by atoms with Gasteiger partial charge in [0.15, 0.2) is 9.84 Å². The normalized spacial score (nSPS) is 11.5. The molecule has 1 aromatic carbocycles.